The van der Waals surface area contributed by atoms with E-state index < -0.39 is 0 Å². The lowest BCUT2D eigenvalue weighted by atomic mass is 9.96. The number of aryl methyl sites for hydroxylation is 2. The average molecular weight is 236 g/mol. The van der Waals surface area contributed by atoms with E-state index in [2.05, 4.69) is 49.9 Å². The molecule has 4 heteroatoms. The van der Waals surface area contributed by atoms with E-state index in [4.69, 9.17) is 11.5 Å². The summed E-state index contributed by atoms with van der Waals surface area (Å²) in [5, 5.41) is 2.86. The van der Waals surface area contributed by atoms with Crippen molar-refractivity contribution in [3.63, 3.8) is 0 Å². The summed E-state index contributed by atoms with van der Waals surface area (Å²) in [4.78, 5) is 0. The standard InChI is InChI=1S/C12H18.CH6N4/c1-4-10-8-7-9-11(5-2)12(10)6-3;2-1(3)5-4/h7-9H,4-6H2,1-3H3;4H2,(H4,2,3,5). The first kappa shape index (κ1) is 15.3. The monoisotopic (exact) mass is 236 g/mol. The molecule has 0 aromatic heterocycles. The lowest BCUT2D eigenvalue weighted by molar-refractivity contribution is 0.981. The highest BCUT2D eigenvalue weighted by molar-refractivity contribution is 5.75. The highest BCUT2D eigenvalue weighted by atomic mass is 15.2. The summed E-state index contributed by atoms with van der Waals surface area (Å²) < 4.78 is 0. The third-order valence-electron chi connectivity index (χ3n) is 2.63. The van der Waals surface area contributed by atoms with E-state index in [1.54, 1.807) is 5.56 Å². The molecule has 4 nitrogen and oxygen atoms in total. The van der Waals surface area contributed by atoms with Gasteiger partial charge in [0.1, 0.15) is 0 Å². The fourth-order valence-electron chi connectivity index (χ4n) is 1.80. The number of nitrogens with two attached hydrogens (primary N) is 3. The molecule has 0 bridgehead atoms. The molecule has 0 saturated carbocycles. The van der Waals surface area contributed by atoms with Crippen molar-refractivity contribution in [2.45, 2.75) is 40.0 Å². The molecular weight excluding hydrogens is 212 g/mol. The van der Waals surface area contributed by atoms with E-state index in [0.29, 0.717) is 0 Å². The highest BCUT2D eigenvalue weighted by Crippen LogP contribution is 2.16. The Labute approximate surface area is 104 Å². The topological polar surface area (TPSA) is 90.4 Å². The number of rotatable bonds is 3. The van der Waals surface area contributed by atoms with Crippen LogP contribution in [-0.2, 0) is 19.3 Å². The highest BCUT2D eigenvalue weighted by Gasteiger charge is 2.02. The summed E-state index contributed by atoms with van der Waals surface area (Å²) in [6, 6.07) is 6.67. The van der Waals surface area contributed by atoms with Gasteiger partial charge in [-0.25, -0.2) is 0 Å². The van der Waals surface area contributed by atoms with Crippen molar-refractivity contribution < 1.29 is 0 Å². The minimum Gasteiger partial charge on any atom is -0.369 e. The zero-order valence-corrected chi connectivity index (χ0v) is 11.0. The summed E-state index contributed by atoms with van der Waals surface area (Å²) >= 11 is 0. The van der Waals surface area contributed by atoms with E-state index in [0.717, 1.165) is 12.8 Å². The summed E-state index contributed by atoms with van der Waals surface area (Å²) in [6.45, 7) is 6.70. The van der Waals surface area contributed by atoms with Gasteiger partial charge in [0.15, 0.2) is 0 Å². The van der Waals surface area contributed by atoms with E-state index in [9.17, 15) is 0 Å². The van der Waals surface area contributed by atoms with Gasteiger partial charge in [0.05, 0.1) is 0 Å². The van der Waals surface area contributed by atoms with Gasteiger partial charge < -0.3 is 17.3 Å². The quantitative estimate of drug-likeness (QED) is 0.321. The lowest BCUT2D eigenvalue weighted by Gasteiger charge is -2.10. The smallest absolute Gasteiger partial charge is 0.208 e. The molecule has 0 saturated heterocycles. The Hall–Kier alpha value is -1.71. The Morgan fingerprint density at radius 3 is 1.65 bits per heavy atom. The predicted molar refractivity (Wildman–Crippen MR) is 74.6 cm³/mol. The van der Waals surface area contributed by atoms with Gasteiger partial charge in [0.2, 0.25) is 5.96 Å². The average Bonchev–Trinajstić information content (AvgIpc) is 2.37. The van der Waals surface area contributed by atoms with Crippen LogP contribution in [-0.4, -0.2) is 5.96 Å². The van der Waals surface area contributed by atoms with Crippen molar-refractivity contribution in [2.24, 2.45) is 22.4 Å². The summed E-state index contributed by atoms with van der Waals surface area (Å²) in [5.74, 6) is 4.42. The van der Waals surface area contributed by atoms with Gasteiger partial charge in [-0.2, -0.15) is 0 Å². The molecular formula is C13H24N4. The van der Waals surface area contributed by atoms with E-state index in [1.807, 2.05) is 0 Å². The van der Waals surface area contributed by atoms with Crippen LogP contribution >= 0.6 is 0 Å². The fourth-order valence-corrected chi connectivity index (χ4v) is 1.80. The SMILES string of the molecule is CCc1cccc(CC)c1CC.NN=C(N)N. The van der Waals surface area contributed by atoms with Gasteiger partial charge in [0, 0.05) is 0 Å². The molecule has 1 aromatic carbocycles. The fraction of sp³-hybridized carbons (Fsp3) is 0.462. The summed E-state index contributed by atoms with van der Waals surface area (Å²) in [7, 11) is 0. The second-order valence-corrected chi connectivity index (χ2v) is 3.67. The van der Waals surface area contributed by atoms with Crippen LogP contribution in [0.25, 0.3) is 0 Å². The first-order valence-electron chi connectivity index (χ1n) is 5.99. The second-order valence-electron chi connectivity index (χ2n) is 3.67. The minimum atomic E-state index is -0.0926. The number of nitrogens with zero attached hydrogens (tertiary/aromatic N) is 1. The maximum atomic E-state index is 4.69. The molecule has 1 aromatic rings. The van der Waals surface area contributed by atoms with Crippen LogP contribution < -0.4 is 17.3 Å². The molecule has 0 radical (unpaired) electrons. The number of guanidine groups is 1. The van der Waals surface area contributed by atoms with Crippen LogP contribution in [0, 0.1) is 0 Å². The molecule has 0 amide bonds. The maximum absolute atomic E-state index is 4.69. The van der Waals surface area contributed by atoms with Crippen molar-refractivity contribution in [2.75, 3.05) is 0 Å². The Morgan fingerprint density at radius 1 is 1.00 bits per heavy atom. The Bertz CT molecular complexity index is 332. The molecule has 0 unspecified atom stereocenters. The van der Waals surface area contributed by atoms with Gasteiger partial charge in [0.25, 0.3) is 0 Å². The van der Waals surface area contributed by atoms with Crippen molar-refractivity contribution in [1.29, 1.82) is 0 Å². The number of benzene rings is 1. The molecule has 6 N–H and O–H groups in total. The molecule has 0 aliphatic heterocycles. The molecule has 0 atom stereocenters. The molecule has 0 aliphatic carbocycles. The normalized spacial score (nSPS) is 9.12. The molecule has 0 heterocycles. The second kappa shape index (κ2) is 8.44. The minimum absolute atomic E-state index is 0.0926. The van der Waals surface area contributed by atoms with Crippen molar-refractivity contribution in [1.82, 2.24) is 0 Å². The largest absolute Gasteiger partial charge is 0.369 e. The van der Waals surface area contributed by atoms with Crippen LogP contribution in [0.2, 0.25) is 0 Å². The molecule has 17 heavy (non-hydrogen) atoms. The number of hydrogen-bond donors (Lipinski definition) is 3. The van der Waals surface area contributed by atoms with Gasteiger partial charge in [-0.1, -0.05) is 39.0 Å². The van der Waals surface area contributed by atoms with Gasteiger partial charge in [-0.15, -0.1) is 5.10 Å². The van der Waals surface area contributed by atoms with Crippen LogP contribution in [0.1, 0.15) is 37.5 Å². The zero-order valence-electron chi connectivity index (χ0n) is 11.0. The van der Waals surface area contributed by atoms with Crippen LogP contribution in [0.3, 0.4) is 0 Å². The summed E-state index contributed by atoms with van der Waals surface area (Å²) in [6.07, 6.45) is 3.50. The predicted octanol–water partition coefficient (Wildman–Crippen LogP) is 1.51. The van der Waals surface area contributed by atoms with E-state index in [1.165, 1.54) is 17.5 Å². The zero-order chi connectivity index (χ0) is 13.3. The van der Waals surface area contributed by atoms with Crippen molar-refractivity contribution in [3.05, 3.63) is 34.9 Å². The molecule has 0 spiro atoms. The molecule has 0 aliphatic rings. The Kier molecular flexibility index (Phi) is 7.59. The van der Waals surface area contributed by atoms with Crippen LogP contribution in [0.15, 0.2) is 23.3 Å². The first-order valence-corrected chi connectivity index (χ1v) is 5.99. The lowest BCUT2D eigenvalue weighted by Crippen LogP contribution is -2.23. The van der Waals surface area contributed by atoms with E-state index >= 15 is 0 Å². The van der Waals surface area contributed by atoms with E-state index in [-0.39, 0.29) is 5.96 Å². The molecule has 1 rings (SSSR count). The maximum Gasteiger partial charge on any atom is 0.208 e. The van der Waals surface area contributed by atoms with Gasteiger partial charge in [-0.3, -0.25) is 0 Å². The third kappa shape index (κ3) is 5.24. The van der Waals surface area contributed by atoms with Gasteiger partial charge in [-0.05, 0) is 36.0 Å². The summed E-state index contributed by atoms with van der Waals surface area (Å²) in [5.41, 5.74) is 14.0. The van der Waals surface area contributed by atoms with Crippen molar-refractivity contribution >= 4 is 5.96 Å². The van der Waals surface area contributed by atoms with Gasteiger partial charge >= 0.3 is 0 Å². The third-order valence-corrected chi connectivity index (χ3v) is 2.63. The number of hydrazone groups is 1. The van der Waals surface area contributed by atoms with Crippen LogP contribution in [0.5, 0.6) is 0 Å². The first-order chi connectivity index (χ1) is 8.10. The van der Waals surface area contributed by atoms with Crippen molar-refractivity contribution in [3.8, 4) is 0 Å². The Morgan fingerprint density at radius 2 is 1.41 bits per heavy atom. The molecule has 96 valence electrons. The van der Waals surface area contributed by atoms with Crippen LogP contribution in [0.4, 0.5) is 0 Å². The Balaban J connectivity index is 0.000000437. The number of hydrogen-bond acceptors (Lipinski definition) is 2. The molecule has 0 fully saturated rings.